The Morgan fingerprint density at radius 3 is 2.40 bits per heavy atom. The number of rotatable bonds is 8. The monoisotopic (exact) mass is 238 g/mol. The van der Waals surface area contributed by atoms with Crippen LogP contribution in [0.5, 0.6) is 0 Å². The molecule has 0 aromatic carbocycles. The van der Waals surface area contributed by atoms with Gasteiger partial charge in [-0.2, -0.15) is 0 Å². The molecular weight excluding hydrogens is 216 g/mol. The molecule has 0 rings (SSSR count). The van der Waals surface area contributed by atoms with Crippen LogP contribution >= 0.6 is 0 Å². The zero-order valence-electron chi connectivity index (χ0n) is 9.69. The maximum Gasteiger partial charge on any atom is 0.211 e. The van der Waals surface area contributed by atoms with Crippen LogP contribution in [0.15, 0.2) is 0 Å². The van der Waals surface area contributed by atoms with E-state index in [0.717, 1.165) is 0 Å². The van der Waals surface area contributed by atoms with Crippen molar-refractivity contribution in [3.8, 4) is 0 Å². The quantitative estimate of drug-likeness (QED) is 0.580. The molecule has 1 atom stereocenters. The van der Waals surface area contributed by atoms with E-state index in [9.17, 15) is 8.42 Å². The minimum absolute atomic E-state index is 0.0874. The van der Waals surface area contributed by atoms with Gasteiger partial charge in [-0.3, -0.25) is 0 Å². The molecule has 0 aromatic rings. The van der Waals surface area contributed by atoms with Gasteiger partial charge in [-0.1, -0.05) is 13.8 Å². The molecular formula is C9H22N2O3S. The van der Waals surface area contributed by atoms with Crippen LogP contribution in [0.4, 0.5) is 0 Å². The molecule has 0 fully saturated rings. The molecule has 0 aromatic heterocycles. The van der Waals surface area contributed by atoms with Crippen LogP contribution < -0.4 is 10.5 Å². The number of nitrogens with two attached hydrogens (primary N) is 1. The van der Waals surface area contributed by atoms with Crippen molar-refractivity contribution in [2.45, 2.75) is 26.3 Å². The molecule has 0 saturated heterocycles. The predicted octanol–water partition coefficient (Wildman–Crippen LogP) is -0.0744. The van der Waals surface area contributed by atoms with E-state index in [4.69, 9.17) is 10.5 Å². The van der Waals surface area contributed by atoms with E-state index in [2.05, 4.69) is 4.72 Å². The molecule has 6 heteroatoms. The second-order valence-electron chi connectivity index (χ2n) is 3.87. The van der Waals surface area contributed by atoms with Crippen LogP contribution in [0.3, 0.4) is 0 Å². The normalized spacial score (nSPS) is 14.5. The number of nitrogens with one attached hydrogen (secondary N) is 1. The van der Waals surface area contributed by atoms with Gasteiger partial charge >= 0.3 is 0 Å². The maximum atomic E-state index is 11.6. The van der Waals surface area contributed by atoms with Gasteiger partial charge in [-0.25, -0.2) is 13.1 Å². The first-order valence-corrected chi connectivity index (χ1v) is 6.77. The van der Waals surface area contributed by atoms with E-state index in [0.29, 0.717) is 19.6 Å². The zero-order valence-corrected chi connectivity index (χ0v) is 10.5. The van der Waals surface area contributed by atoms with Crippen molar-refractivity contribution in [2.75, 3.05) is 26.0 Å². The number of sulfonamides is 1. The minimum Gasteiger partial charge on any atom is -0.385 e. The van der Waals surface area contributed by atoms with Gasteiger partial charge in [0.25, 0.3) is 0 Å². The Bertz CT molecular complexity index is 252. The Labute approximate surface area is 92.4 Å². The fourth-order valence-corrected chi connectivity index (χ4v) is 2.58. The van der Waals surface area contributed by atoms with Gasteiger partial charge in [0, 0.05) is 26.3 Å². The van der Waals surface area contributed by atoms with Crippen molar-refractivity contribution < 1.29 is 13.2 Å². The lowest BCUT2D eigenvalue weighted by molar-refractivity contribution is 0.199. The summed E-state index contributed by atoms with van der Waals surface area (Å²) in [5.41, 5.74) is 5.48. The summed E-state index contributed by atoms with van der Waals surface area (Å²) in [6.45, 7) is 4.65. The number of hydrogen-bond acceptors (Lipinski definition) is 4. The third-order valence-corrected chi connectivity index (χ3v) is 3.64. The summed E-state index contributed by atoms with van der Waals surface area (Å²) in [4.78, 5) is 0. The average Bonchev–Trinajstić information content (AvgIpc) is 2.14. The summed E-state index contributed by atoms with van der Waals surface area (Å²) < 4.78 is 30.5. The zero-order chi connectivity index (χ0) is 11.9. The molecule has 5 nitrogen and oxygen atoms in total. The summed E-state index contributed by atoms with van der Waals surface area (Å²) in [6.07, 6.45) is 0.501. The number of hydrogen-bond donors (Lipinski definition) is 2. The summed E-state index contributed by atoms with van der Waals surface area (Å²) in [5.74, 6) is 0.288. The molecule has 3 N–H and O–H groups in total. The van der Waals surface area contributed by atoms with Crippen LogP contribution in [0.2, 0.25) is 0 Å². The Kier molecular flexibility index (Phi) is 7.08. The van der Waals surface area contributed by atoms with Crippen molar-refractivity contribution in [3.05, 3.63) is 0 Å². The first-order valence-electron chi connectivity index (χ1n) is 5.12. The molecule has 0 aliphatic carbocycles. The summed E-state index contributed by atoms with van der Waals surface area (Å²) in [7, 11) is -1.67. The summed E-state index contributed by atoms with van der Waals surface area (Å²) >= 11 is 0. The van der Waals surface area contributed by atoms with Crippen molar-refractivity contribution in [1.29, 1.82) is 0 Å². The average molecular weight is 238 g/mol. The predicted molar refractivity (Wildman–Crippen MR) is 61.1 cm³/mol. The molecule has 1 unspecified atom stereocenters. The van der Waals surface area contributed by atoms with E-state index < -0.39 is 10.0 Å². The smallest absolute Gasteiger partial charge is 0.211 e. The molecule has 0 radical (unpaired) electrons. The topological polar surface area (TPSA) is 81.4 Å². The Hall–Kier alpha value is -0.170. The minimum atomic E-state index is -3.22. The van der Waals surface area contributed by atoms with Crippen LogP contribution in [0, 0.1) is 5.92 Å². The van der Waals surface area contributed by atoms with Gasteiger partial charge in [0.15, 0.2) is 0 Å². The third kappa shape index (κ3) is 6.83. The largest absolute Gasteiger partial charge is 0.385 e. The van der Waals surface area contributed by atoms with E-state index in [1.165, 1.54) is 0 Å². The van der Waals surface area contributed by atoms with E-state index in [1.54, 1.807) is 7.11 Å². The van der Waals surface area contributed by atoms with Crippen LogP contribution in [-0.4, -0.2) is 40.5 Å². The first kappa shape index (κ1) is 14.8. The molecule has 92 valence electrons. The second-order valence-corrected chi connectivity index (χ2v) is 5.74. The molecule has 0 heterocycles. The number of methoxy groups -OCH3 is 1. The molecule has 15 heavy (non-hydrogen) atoms. The Morgan fingerprint density at radius 2 is 2.00 bits per heavy atom. The fourth-order valence-electron chi connectivity index (χ4n) is 1.14. The molecule has 0 aliphatic heterocycles. The Morgan fingerprint density at radius 1 is 1.40 bits per heavy atom. The van der Waals surface area contributed by atoms with Gasteiger partial charge in [0.1, 0.15) is 0 Å². The summed E-state index contributed by atoms with van der Waals surface area (Å²) in [6, 6.07) is -0.183. The van der Waals surface area contributed by atoms with E-state index >= 15 is 0 Å². The highest BCUT2D eigenvalue weighted by atomic mass is 32.2. The van der Waals surface area contributed by atoms with Gasteiger partial charge < -0.3 is 10.5 Å². The van der Waals surface area contributed by atoms with Crippen LogP contribution in [0.1, 0.15) is 20.3 Å². The molecule has 0 bridgehead atoms. The SMILES string of the molecule is COCCCS(=O)(=O)NC(CN)C(C)C. The highest BCUT2D eigenvalue weighted by molar-refractivity contribution is 7.89. The lowest BCUT2D eigenvalue weighted by Gasteiger charge is -2.20. The van der Waals surface area contributed by atoms with Gasteiger partial charge in [0.2, 0.25) is 10.0 Å². The van der Waals surface area contributed by atoms with Gasteiger partial charge in [-0.15, -0.1) is 0 Å². The maximum absolute atomic E-state index is 11.6. The van der Waals surface area contributed by atoms with Crippen molar-refractivity contribution >= 4 is 10.0 Å². The number of ether oxygens (including phenoxy) is 1. The Balaban J connectivity index is 4.11. The lowest BCUT2D eigenvalue weighted by atomic mass is 10.1. The molecule has 0 saturated carbocycles. The standard InChI is InChI=1S/C9H22N2O3S/c1-8(2)9(7-10)11-15(12,13)6-4-5-14-3/h8-9,11H,4-7,10H2,1-3H3. The van der Waals surface area contributed by atoms with Gasteiger partial charge in [-0.05, 0) is 12.3 Å². The lowest BCUT2D eigenvalue weighted by Crippen LogP contribution is -2.44. The summed E-state index contributed by atoms with van der Waals surface area (Å²) in [5, 5.41) is 0. The van der Waals surface area contributed by atoms with E-state index in [1.807, 2.05) is 13.8 Å². The second kappa shape index (κ2) is 7.16. The fraction of sp³-hybridized carbons (Fsp3) is 1.00. The first-order chi connectivity index (χ1) is 6.93. The highest BCUT2D eigenvalue weighted by Crippen LogP contribution is 2.02. The molecule has 0 aliphatic rings. The van der Waals surface area contributed by atoms with Crippen molar-refractivity contribution in [2.24, 2.45) is 11.7 Å². The third-order valence-electron chi connectivity index (χ3n) is 2.15. The molecule has 0 spiro atoms. The van der Waals surface area contributed by atoms with Crippen LogP contribution in [0.25, 0.3) is 0 Å². The van der Waals surface area contributed by atoms with Crippen molar-refractivity contribution in [3.63, 3.8) is 0 Å². The highest BCUT2D eigenvalue weighted by Gasteiger charge is 2.18. The van der Waals surface area contributed by atoms with Crippen molar-refractivity contribution in [1.82, 2.24) is 4.72 Å². The van der Waals surface area contributed by atoms with Crippen LogP contribution in [-0.2, 0) is 14.8 Å². The molecule has 0 amide bonds. The van der Waals surface area contributed by atoms with Gasteiger partial charge in [0.05, 0.1) is 5.75 Å². The van der Waals surface area contributed by atoms with E-state index in [-0.39, 0.29) is 17.7 Å².